The van der Waals surface area contributed by atoms with E-state index in [1.807, 2.05) is 0 Å². The van der Waals surface area contributed by atoms with Crippen LogP contribution >= 0.6 is 0 Å². The maximum Gasteiger partial charge on any atom is 0.306 e. The fraction of sp³-hybridized carbons (Fsp3) is 0.900. The van der Waals surface area contributed by atoms with Gasteiger partial charge in [-0.05, 0) is 12.3 Å². The summed E-state index contributed by atoms with van der Waals surface area (Å²) in [7, 11) is 1.37. The minimum absolute atomic E-state index is 0.0830. The molecule has 0 heterocycles. The summed E-state index contributed by atoms with van der Waals surface area (Å²) in [6, 6.07) is 0.0830. The van der Waals surface area contributed by atoms with Crippen LogP contribution < -0.4 is 5.32 Å². The molecule has 0 radical (unpaired) electrons. The van der Waals surface area contributed by atoms with Crippen molar-refractivity contribution < 1.29 is 14.6 Å². The van der Waals surface area contributed by atoms with Gasteiger partial charge in [0.15, 0.2) is 0 Å². The third kappa shape index (κ3) is 6.86. The number of carbonyl (C=O) groups is 1. The maximum absolute atomic E-state index is 10.8. The van der Waals surface area contributed by atoms with Crippen molar-refractivity contribution in [2.24, 2.45) is 5.92 Å². The fourth-order valence-electron chi connectivity index (χ4n) is 1.27. The summed E-state index contributed by atoms with van der Waals surface area (Å²) in [5.41, 5.74) is 0. The van der Waals surface area contributed by atoms with Gasteiger partial charge in [-0.1, -0.05) is 13.8 Å². The van der Waals surface area contributed by atoms with Gasteiger partial charge in [-0.2, -0.15) is 0 Å². The third-order valence-corrected chi connectivity index (χ3v) is 1.97. The molecule has 0 spiro atoms. The van der Waals surface area contributed by atoms with Crippen LogP contribution in [0.3, 0.4) is 0 Å². The van der Waals surface area contributed by atoms with Gasteiger partial charge in [-0.3, -0.25) is 4.79 Å². The Kier molecular flexibility index (Phi) is 7.42. The number of esters is 1. The van der Waals surface area contributed by atoms with Crippen molar-refractivity contribution >= 4 is 5.97 Å². The summed E-state index contributed by atoms with van der Waals surface area (Å²) in [6.07, 6.45) is 1.27. The van der Waals surface area contributed by atoms with E-state index in [0.717, 1.165) is 6.42 Å². The Morgan fingerprint density at radius 1 is 1.50 bits per heavy atom. The lowest BCUT2D eigenvalue weighted by atomic mass is 10.0. The molecule has 0 bridgehead atoms. The predicted molar refractivity (Wildman–Crippen MR) is 55.0 cm³/mol. The first-order chi connectivity index (χ1) is 6.60. The van der Waals surface area contributed by atoms with Crippen molar-refractivity contribution in [3.05, 3.63) is 0 Å². The molecule has 0 aromatic heterocycles. The van der Waals surface area contributed by atoms with E-state index in [1.165, 1.54) is 7.11 Å². The van der Waals surface area contributed by atoms with Gasteiger partial charge in [0.05, 0.1) is 20.1 Å². The number of rotatable bonds is 7. The highest BCUT2D eigenvalue weighted by molar-refractivity contribution is 5.69. The number of aliphatic hydroxyl groups excluding tert-OH is 1. The third-order valence-electron chi connectivity index (χ3n) is 1.97. The maximum atomic E-state index is 10.8. The van der Waals surface area contributed by atoms with Crippen molar-refractivity contribution in [1.29, 1.82) is 0 Å². The topological polar surface area (TPSA) is 58.6 Å². The van der Waals surface area contributed by atoms with Crippen LogP contribution in [0.4, 0.5) is 0 Å². The number of ether oxygens (including phenoxy) is 1. The van der Waals surface area contributed by atoms with Gasteiger partial charge in [0.2, 0.25) is 0 Å². The first-order valence-corrected chi connectivity index (χ1v) is 5.01. The largest absolute Gasteiger partial charge is 0.469 e. The van der Waals surface area contributed by atoms with Crippen molar-refractivity contribution in [3.63, 3.8) is 0 Å². The Morgan fingerprint density at radius 3 is 2.57 bits per heavy atom. The molecular formula is C10H21NO3. The van der Waals surface area contributed by atoms with Crippen molar-refractivity contribution in [3.8, 4) is 0 Å². The molecule has 0 saturated heterocycles. The van der Waals surface area contributed by atoms with Gasteiger partial charge >= 0.3 is 5.97 Å². The molecule has 0 fully saturated rings. The van der Waals surface area contributed by atoms with E-state index in [4.69, 9.17) is 5.11 Å². The van der Waals surface area contributed by atoms with E-state index in [2.05, 4.69) is 23.9 Å². The molecule has 0 aliphatic heterocycles. The number of carbonyl (C=O) groups excluding carboxylic acids is 1. The highest BCUT2D eigenvalue weighted by Gasteiger charge is 2.09. The molecule has 2 N–H and O–H groups in total. The van der Waals surface area contributed by atoms with E-state index < -0.39 is 0 Å². The molecule has 0 aliphatic rings. The Labute approximate surface area is 85.6 Å². The minimum atomic E-state index is -0.223. The number of hydrogen-bond donors (Lipinski definition) is 2. The molecule has 0 aromatic carbocycles. The van der Waals surface area contributed by atoms with Gasteiger partial charge in [-0.15, -0.1) is 0 Å². The Hall–Kier alpha value is -0.610. The minimum Gasteiger partial charge on any atom is -0.469 e. The summed E-state index contributed by atoms with van der Waals surface area (Å²) in [5, 5.41) is 12.1. The highest BCUT2D eigenvalue weighted by atomic mass is 16.5. The Bertz CT molecular complexity index is 159. The predicted octanol–water partition coefficient (Wildman–Crippen LogP) is 0.546. The van der Waals surface area contributed by atoms with Crippen LogP contribution in [0.15, 0.2) is 0 Å². The molecule has 0 unspecified atom stereocenters. The molecule has 0 aliphatic carbocycles. The molecule has 4 heteroatoms. The van der Waals surface area contributed by atoms with Crippen molar-refractivity contribution in [2.75, 3.05) is 20.3 Å². The van der Waals surface area contributed by atoms with Crippen LogP contribution in [-0.2, 0) is 9.53 Å². The summed E-state index contributed by atoms with van der Waals surface area (Å²) in [4.78, 5) is 10.8. The van der Waals surface area contributed by atoms with Gasteiger partial charge in [-0.25, -0.2) is 0 Å². The van der Waals surface area contributed by atoms with Crippen molar-refractivity contribution in [1.82, 2.24) is 5.32 Å². The summed E-state index contributed by atoms with van der Waals surface area (Å²) in [5.74, 6) is 0.316. The molecule has 0 amide bonds. The molecule has 0 saturated carbocycles. The second-order valence-electron chi connectivity index (χ2n) is 3.79. The quantitative estimate of drug-likeness (QED) is 0.593. The van der Waals surface area contributed by atoms with Gasteiger partial charge in [0.25, 0.3) is 0 Å². The van der Waals surface area contributed by atoms with E-state index in [9.17, 15) is 4.79 Å². The van der Waals surface area contributed by atoms with Crippen LogP contribution in [0.25, 0.3) is 0 Å². The lowest BCUT2D eigenvalue weighted by molar-refractivity contribution is -0.140. The van der Waals surface area contributed by atoms with E-state index in [0.29, 0.717) is 18.9 Å². The lowest BCUT2D eigenvalue weighted by Crippen LogP contribution is -2.35. The first kappa shape index (κ1) is 13.4. The number of nitrogens with one attached hydrogen (secondary N) is 1. The summed E-state index contributed by atoms with van der Waals surface area (Å²) < 4.78 is 4.51. The zero-order valence-electron chi connectivity index (χ0n) is 9.25. The van der Waals surface area contributed by atoms with Crippen LogP contribution in [0.2, 0.25) is 0 Å². The van der Waals surface area contributed by atoms with Crippen LogP contribution in [-0.4, -0.2) is 37.4 Å². The summed E-state index contributed by atoms with van der Waals surface area (Å²) in [6.45, 7) is 4.87. The molecule has 1 atom stereocenters. The zero-order valence-corrected chi connectivity index (χ0v) is 9.25. The van der Waals surface area contributed by atoms with Gasteiger partial charge < -0.3 is 15.2 Å². The SMILES string of the molecule is COC(=O)CCN[C@H](CO)CC(C)C. The molecule has 84 valence electrons. The number of aliphatic hydroxyl groups is 1. The Morgan fingerprint density at radius 2 is 2.14 bits per heavy atom. The Balaban J connectivity index is 3.57. The smallest absolute Gasteiger partial charge is 0.306 e. The average molecular weight is 203 g/mol. The number of hydrogen-bond acceptors (Lipinski definition) is 4. The average Bonchev–Trinajstić information content (AvgIpc) is 2.15. The monoisotopic (exact) mass is 203 g/mol. The van der Waals surface area contributed by atoms with E-state index in [-0.39, 0.29) is 18.6 Å². The highest BCUT2D eigenvalue weighted by Crippen LogP contribution is 2.03. The number of methoxy groups -OCH3 is 1. The van der Waals surface area contributed by atoms with Crippen molar-refractivity contribution in [2.45, 2.75) is 32.7 Å². The van der Waals surface area contributed by atoms with Crippen LogP contribution in [0.1, 0.15) is 26.7 Å². The summed E-state index contributed by atoms with van der Waals surface area (Å²) >= 11 is 0. The van der Waals surface area contributed by atoms with Crippen LogP contribution in [0, 0.1) is 5.92 Å². The molecule has 0 rings (SSSR count). The zero-order chi connectivity index (χ0) is 11.0. The molecule has 4 nitrogen and oxygen atoms in total. The molecule has 14 heavy (non-hydrogen) atoms. The van der Waals surface area contributed by atoms with Gasteiger partial charge in [0.1, 0.15) is 0 Å². The lowest BCUT2D eigenvalue weighted by Gasteiger charge is -2.17. The molecular weight excluding hydrogens is 182 g/mol. The van der Waals surface area contributed by atoms with E-state index >= 15 is 0 Å². The van der Waals surface area contributed by atoms with Crippen LogP contribution in [0.5, 0.6) is 0 Å². The second kappa shape index (κ2) is 7.76. The second-order valence-corrected chi connectivity index (χ2v) is 3.79. The van der Waals surface area contributed by atoms with Gasteiger partial charge in [0, 0.05) is 12.6 Å². The standard InChI is InChI=1S/C10H21NO3/c1-8(2)6-9(7-12)11-5-4-10(13)14-3/h8-9,11-12H,4-7H2,1-3H3/t9-/m0/s1. The fourth-order valence-corrected chi connectivity index (χ4v) is 1.27. The molecule has 0 aromatic rings. The normalized spacial score (nSPS) is 12.9. The van der Waals surface area contributed by atoms with E-state index in [1.54, 1.807) is 0 Å². The first-order valence-electron chi connectivity index (χ1n) is 5.01.